The van der Waals surface area contributed by atoms with Crippen LogP contribution in [0, 0.1) is 5.92 Å². The molecule has 0 aliphatic carbocycles. The third kappa shape index (κ3) is 4.70. The SMILES string of the molecule is CSc1ccc(-c2noc(C3=C(C)N(CC(C)C)C(=S)NC3c3cccc(Cl)c3)n2)cc1. The Balaban J connectivity index is 1.79. The lowest BCUT2D eigenvalue weighted by atomic mass is 9.94. The van der Waals surface area contributed by atoms with Crippen LogP contribution >= 0.6 is 35.6 Å². The lowest BCUT2D eigenvalue weighted by Crippen LogP contribution is -2.47. The number of halogens is 1. The minimum Gasteiger partial charge on any atom is -0.351 e. The predicted molar refractivity (Wildman–Crippen MR) is 136 cm³/mol. The molecule has 5 nitrogen and oxygen atoms in total. The van der Waals surface area contributed by atoms with Crippen LogP contribution in [0.4, 0.5) is 0 Å². The van der Waals surface area contributed by atoms with E-state index in [1.54, 1.807) is 11.8 Å². The lowest BCUT2D eigenvalue weighted by molar-refractivity contribution is 0.386. The molecule has 0 amide bonds. The van der Waals surface area contributed by atoms with Crippen LogP contribution < -0.4 is 5.32 Å². The summed E-state index contributed by atoms with van der Waals surface area (Å²) in [5.41, 5.74) is 3.80. The monoisotopic (exact) mass is 484 g/mol. The molecule has 0 fully saturated rings. The summed E-state index contributed by atoms with van der Waals surface area (Å²) < 4.78 is 5.79. The van der Waals surface area contributed by atoms with E-state index >= 15 is 0 Å². The summed E-state index contributed by atoms with van der Waals surface area (Å²) in [6.07, 6.45) is 2.05. The van der Waals surface area contributed by atoms with Gasteiger partial charge in [0.15, 0.2) is 5.11 Å². The Morgan fingerprint density at radius 3 is 2.62 bits per heavy atom. The smallest absolute Gasteiger partial charge is 0.258 e. The average Bonchev–Trinajstić information content (AvgIpc) is 3.26. The summed E-state index contributed by atoms with van der Waals surface area (Å²) in [6, 6.07) is 15.6. The van der Waals surface area contributed by atoms with Gasteiger partial charge in [-0.05, 0) is 73.3 Å². The number of nitrogens with zero attached hydrogens (tertiary/aromatic N) is 3. The quantitative estimate of drug-likeness (QED) is 0.319. The van der Waals surface area contributed by atoms with E-state index in [1.807, 2.05) is 36.4 Å². The van der Waals surface area contributed by atoms with Crippen molar-refractivity contribution < 1.29 is 4.52 Å². The Kier molecular flexibility index (Phi) is 6.88. The second-order valence-corrected chi connectivity index (χ2v) is 9.80. The van der Waals surface area contributed by atoms with Crippen molar-refractivity contribution in [1.82, 2.24) is 20.4 Å². The molecule has 0 spiro atoms. The van der Waals surface area contributed by atoms with E-state index < -0.39 is 0 Å². The molecule has 2 heterocycles. The van der Waals surface area contributed by atoms with Crippen molar-refractivity contribution in [3.8, 4) is 11.4 Å². The molecule has 1 aromatic heterocycles. The minimum absolute atomic E-state index is 0.239. The molecule has 1 aliphatic rings. The molecule has 0 saturated heterocycles. The summed E-state index contributed by atoms with van der Waals surface area (Å²) in [4.78, 5) is 8.05. The van der Waals surface area contributed by atoms with Gasteiger partial charge in [-0.2, -0.15) is 4.98 Å². The largest absolute Gasteiger partial charge is 0.351 e. The second kappa shape index (κ2) is 9.65. The zero-order valence-electron chi connectivity index (χ0n) is 18.4. The number of rotatable bonds is 6. The topological polar surface area (TPSA) is 54.2 Å². The van der Waals surface area contributed by atoms with Crippen molar-refractivity contribution in [3.63, 3.8) is 0 Å². The summed E-state index contributed by atoms with van der Waals surface area (Å²) in [6.45, 7) is 7.18. The van der Waals surface area contributed by atoms with E-state index in [9.17, 15) is 0 Å². The number of hydrogen-bond acceptors (Lipinski definition) is 5. The molecule has 0 saturated carbocycles. The van der Waals surface area contributed by atoms with Gasteiger partial charge in [-0.15, -0.1) is 11.8 Å². The van der Waals surface area contributed by atoms with Gasteiger partial charge in [0.1, 0.15) is 0 Å². The van der Waals surface area contributed by atoms with Crippen LogP contribution in [0.15, 0.2) is 63.6 Å². The molecule has 166 valence electrons. The molecule has 1 unspecified atom stereocenters. The number of thiocarbonyl (C=S) groups is 1. The fourth-order valence-electron chi connectivity index (χ4n) is 3.77. The molecule has 1 atom stereocenters. The molecule has 2 aromatic carbocycles. The molecule has 32 heavy (non-hydrogen) atoms. The van der Waals surface area contributed by atoms with Crippen molar-refractivity contribution in [2.45, 2.75) is 31.7 Å². The van der Waals surface area contributed by atoms with Gasteiger partial charge in [-0.3, -0.25) is 0 Å². The first-order chi connectivity index (χ1) is 15.4. The molecular weight excluding hydrogens is 460 g/mol. The molecule has 0 radical (unpaired) electrons. The maximum absolute atomic E-state index is 6.30. The van der Waals surface area contributed by atoms with Gasteiger partial charge in [-0.25, -0.2) is 0 Å². The fourth-order valence-corrected chi connectivity index (χ4v) is 4.71. The van der Waals surface area contributed by atoms with E-state index in [-0.39, 0.29) is 6.04 Å². The van der Waals surface area contributed by atoms with Crippen molar-refractivity contribution in [1.29, 1.82) is 0 Å². The highest BCUT2D eigenvalue weighted by Gasteiger charge is 2.34. The van der Waals surface area contributed by atoms with Gasteiger partial charge in [0, 0.05) is 27.7 Å². The van der Waals surface area contributed by atoms with E-state index in [0.29, 0.717) is 27.8 Å². The second-order valence-electron chi connectivity index (χ2n) is 8.09. The Bertz CT molecular complexity index is 1160. The average molecular weight is 485 g/mol. The predicted octanol–water partition coefficient (Wildman–Crippen LogP) is 6.43. The molecule has 8 heteroatoms. The summed E-state index contributed by atoms with van der Waals surface area (Å²) in [5.74, 6) is 1.46. The van der Waals surface area contributed by atoms with Crippen LogP contribution in [-0.2, 0) is 0 Å². The van der Waals surface area contributed by atoms with Crippen LogP contribution in [0.5, 0.6) is 0 Å². The molecule has 1 aliphatic heterocycles. The molecule has 3 aromatic rings. The first-order valence-electron chi connectivity index (χ1n) is 10.4. The summed E-state index contributed by atoms with van der Waals surface area (Å²) >= 11 is 13.7. The van der Waals surface area contributed by atoms with Crippen molar-refractivity contribution in [2.24, 2.45) is 5.92 Å². The summed E-state index contributed by atoms with van der Waals surface area (Å²) in [7, 11) is 0. The minimum atomic E-state index is -0.239. The van der Waals surface area contributed by atoms with Gasteiger partial charge >= 0.3 is 0 Å². The van der Waals surface area contributed by atoms with Crippen molar-refractivity contribution in [3.05, 3.63) is 70.7 Å². The van der Waals surface area contributed by atoms with Crippen LogP contribution in [0.1, 0.15) is 38.3 Å². The molecule has 4 rings (SSSR count). The van der Waals surface area contributed by atoms with Crippen LogP contribution in [0.2, 0.25) is 5.02 Å². The Hall–Kier alpha value is -2.35. The Morgan fingerprint density at radius 1 is 1.22 bits per heavy atom. The number of hydrogen-bond donors (Lipinski definition) is 1. The van der Waals surface area contributed by atoms with Crippen LogP contribution in [-0.4, -0.2) is 33.0 Å². The maximum Gasteiger partial charge on any atom is 0.258 e. The van der Waals surface area contributed by atoms with Crippen molar-refractivity contribution >= 4 is 46.3 Å². The summed E-state index contributed by atoms with van der Waals surface area (Å²) in [5, 5.41) is 9.08. The maximum atomic E-state index is 6.30. The third-order valence-electron chi connectivity index (χ3n) is 5.33. The zero-order chi connectivity index (χ0) is 22.8. The van der Waals surface area contributed by atoms with Crippen LogP contribution in [0.25, 0.3) is 17.0 Å². The van der Waals surface area contributed by atoms with Crippen molar-refractivity contribution in [2.75, 3.05) is 12.8 Å². The van der Waals surface area contributed by atoms with Gasteiger partial charge in [0.2, 0.25) is 5.82 Å². The zero-order valence-corrected chi connectivity index (χ0v) is 20.8. The standard InChI is InChI=1S/C24H25ClN4OS2/c1-14(2)13-29-15(3)20(21(26-24(29)31)17-6-5-7-18(25)12-17)23-27-22(28-30-23)16-8-10-19(32-4)11-9-16/h5-12,14,21H,13H2,1-4H3,(H,26,31). The fraction of sp³-hybridized carbons (Fsp3) is 0.292. The lowest BCUT2D eigenvalue weighted by Gasteiger charge is -2.38. The first-order valence-corrected chi connectivity index (χ1v) is 12.4. The van der Waals surface area contributed by atoms with E-state index in [2.05, 4.69) is 54.5 Å². The Labute approximate surface area is 203 Å². The van der Waals surface area contributed by atoms with Gasteiger partial charge in [-0.1, -0.05) is 42.7 Å². The number of benzene rings is 2. The van der Waals surface area contributed by atoms with E-state index in [0.717, 1.165) is 28.9 Å². The van der Waals surface area contributed by atoms with Gasteiger partial charge in [0.05, 0.1) is 11.6 Å². The number of thioether (sulfide) groups is 1. The third-order valence-corrected chi connectivity index (χ3v) is 6.65. The Morgan fingerprint density at radius 2 is 1.97 bits per heavy atom. The van der Waals surface area contributed by atoms with Gasteiger partial charge in [0.25, 0.3) is 5.89 Å². The molecule has 0 bridgehead atoms. The number of aromatic nitrogens is 2. The molecule has 1 N–H and O–H groups in total. The number of allylic oxidation sites excluding steroid dienone is 1. The van der Waals surface area contributed by atoms with E-state index in [4.69, 9.17) is 33.3 Å². The van der Waals surface area contributed by atoms with E-state index in [1.165, 1.54) is 4.90 Å². The normalized spacial score (nSPS) is 16.6. The highest BCUT2D eigenvalue weighted by Crippen LogP contribution is 2.38. The number of nitrogens with one attached hydrogen (secondary N) is 1. The molecular formula is C24H25ClN4OS2. The highest BCUT2D eigenvalue weighted by atomic mass is 35.5. The first kappa shape index (κ1) is 22.8. The highest BCUT2D eigenvalue weighted by molar-refractivity contribution is 7.98. The van der Waals surface area contributed by atoms with Crippen LogP contribution in [0.3, 0.4) is 0 Å². The van der Waals surface area contributed by atoms with Gasteiger partial charge < -0.3 is 14.7 Å².